The fraction of sp³-hybridized carbons (Fsp3) is 0.316. The van der Waals surface area contributed by atoms with E-state index in [4.69, 9.17) is 11.6 Å². The largest absolute Gasteiger partial charge is 0.416 e. The average Bonchev–Trinajstić information content (AvgIpc) is 2.52. The van der Waals surface area contributed by atoms with Gasteiger partial charge in [-0.1, -0.05) is 56.6 Å². The number of halogens is 4. The molecule has 0 radical (unpaired) electrons. The molecule has 0 spiro atoms. The molecular formula is C19H20ClF3N2. The smallest absolute Gasteiger partial charge is 0.277 e. The van der Waals surface area contributed by atoms with Crippen LogP contribution in [0.4, 0.5) is 18.9 Å². The minimum atomic E-state index is -4.43. The van der Waals surface area contributed by atoms with Gasteiger partial charge in [-0.2, -0.15) is 18.3 Å². The number of alkyl halides is 3. The molecule has 134 valence electrons. The van der Waals surface area contributed by atoms with Gasteiger partial charge in [-0.15, -0.1) is 0 Å². The third kappa shape index (κ3) is 4.98. The predicted molar refractivity (Wildman–Crippen MR) is 97.4 cm³/mol. The second-order valence-electron chi connectivity index (χ2n) is 6.83. The number of hydrazone groups is 1. The molecule has 0 bridgehead atoms. The zero-order valence-electron chi connectivity index (χ0n) is 14.5. The second-order valence-corrected chi connectivity index (χ2v) is 7.24. The van der Waals surface area contributed by atoms with E-state index in [1.54, 1.807) is 6.92 Å². The van der Waals surface area contributed by atoms with E-state index in [0.717, 1.165) is 17.7 Å². The quantitative estimate of drug-likeness (QED) is 0.485. The molecule has 25 heavy (non-hydrogen) atoms. The summed E-state index contributed by atoms with van der Waals surface area (Å²) >= 11 is 5.95. The molecule has 2 nitrogen and oxygen atoms in total. The lowest BCUT2D eigenvalue weighted by molar-refractivity contribution is -0.137. The first-order valence-electron chi connectivity index (χ1n) is 7.76. The van der Waals surface area contributed by atoms with Crippen LogP contribution in [-0.2, 0) is 11.6 Å². The van der Waals surface area contributed by atoms with E-state index in [-0.39, 0.29) is 16.1 Å². The lowest BCUT2D eigenvalue weighted by Gasteiger charge is -2.19. The summed E-state index contributed by atoms with van der Waals surface area (Å²) < 4.78 is 38.4. The van der Waals surface area contributed by atoms with Crippen LogP contribution in [0.3, 0.4) is 0 Å². The van der Waals surface area contributed by atoms with Crippen molar-refractivity contribution in [2.45, 2.75) is 39.3 Å². The fourth-order valence-corrected chi connectivity index (χ4v) is 2.37. The van der Waals surface area contributed by atoms with Gasteiger partial charge in [-0.25, -0.2) is 0 Å². The van der Waals surface area contributed by atoms with Crippen molar-refractivity contribution in [1.82, 2.24) is 0 Å². The number of nitrogens with zero attached hydrogens (tertiary/aromatic N) is 1. The minimum Gasteiger partial charge on any atom is -0.277 e. The molecule has 1 N–H and O–H groups in total. The van der Waals surface area contributed by atoms with Gasteiger partial charge in [0.1, 0.15) is 0 Å². The molecular weight excluding hydrogens is 349 g/mol. The van der Waals surface area contributed by atoms with Gasteiger partial charge in [-0.05, 0) is 41.7 Å². The molecule has 0 unspecified atom stereocenters. The molecule has 0 heterocycles. The number of benzene rings is 2. The maximum atomic E-state index is 12.8. The Morgan fingerprint density at radius 3 is 2.04 bits per heavy atom. The van der Waals surface area contributed by atoms with Crippen LogP contribution in [0.2, 0.25) is 5.02 Å². The standard InChI is InChI=1S/C19H20ClF3N2/c1-12(13-5-7-14(8-6-13)18(2,3)4)24-25-17-11-15(19(21,22)23)9-10-16(17)20/h5-11,25H,1-4H3/b24-12-. The van der Waals surface area contributed by atoms with Crippen molar-refractivity contribution in [2.24, 2.45) is 5.10 Å². The fourth-order valence-electron chi connectivity index (χ4n) is 2.21. The Labute approximate surface area is 150 Å². The highest BCUT2D eigenvalue weighted by Crippen LogP contribution is 2.33. The molecule has 0 aliphatic heterocycles. The lowest BCUT2D eigenvalue weighted by Crippen LogP contribution is -2.11. The van der Waals surface area contributed by atoms with Gasteiger partial charge in [0.05, 0.1) is 22.0 Å². The van der Waals surface area contributed by atoms with Crippen LogP contribution in [0.5, 0.6) is 0 Å². The summed E-state index contributed by atoms with van der Waals surface area (Å²) in [6.45, 7) is 8.15. The molecule has 2 rings (SSSR count). The summed E-state index contributed by atoms with van der Waals surface area (Å²) in [6, 6.07) is 11.0. The molecule has 0 saturated carbocycles. The Kier molecular flexibility index (Phi) is 5.47. The minimum absolute atomic E-state index is 0.0490. The van der Waals surface area contributed by atoms with Crippen LogP contribution in [0.15, 0.2) is 47.6 Å². The zero-order valence-corrected chi connectivity index (χ0v) is 15.3. The van der Waals surface area contributed by atoms with Crippen LogP contribution in [-0.4, -0.2) is 5.71 Å². The number of rotatable bonds is 3. The van der Waals surface area contributed by atoms with Gasteiger partial charge >= 0.3 is 6.18 Å². The van der Waals surface area contributed by atoms with Crippen LogP contribution in [0.25, 0.3) is 0 Å². The van der Waals surface area contributed by atoms with E-state index in [1.165, 1.54) is 11.6 Å². The molecule has 2 aromatic rings. The van der Waals surface area contributed by atoms with Crippen molar-refractivity contribution < 1.29 is 13.2 Å². The Balaban J connectivity index is 2.21. The predicted octanol–water partition coefficient (Wildman–Crippen LogP) is 6.49. The third-order valence-electron chi connectivity index (χ3n) is 3.81. The normalized spacial score (nSPS) is 13.0. The molecule has 0 atom stereocenters. The van der Waals surface area contributed by atoms with E-state index in [1.807, 2.05) is 24.3 Å². The first-order valence-corrected chi connectivity index (χ1v) is 8.14. The van der Waals surface area contributed by atoms with Crippen molar-refractivity contribution in [3.63, 3.8) is 0 Å². The van der Waals surface area contributed by atoms with Gasteiger partial charge < -0.3 is 0 Å². The first kappa shape index (κ1) is 19.3. The monoisotopic (exact) mass is 368 g/mol. The van der Waals surface area contributed by atoms with Crippen LogP contribution in [0.1, 0.15) is 44.4 Å². The molecule has 0 fully saturated rings. The highest BCUT2D eigenvalue weighted by molar-refractivity contribution is 6.33. The van der Waals surface area contributed by atoms with Gasteiger partial charge in [0.25, 0.3) is 0 Å². The number of hydrogen-bond donors (Lipinski definition) is 1. The maximum absolute atomic E-state index is 12.8. The van der Waals surface area contributed by atoms with E-state index < -0.39 is 11.7 Å². The molecule has 2 aromatic carbocycles. The topological polar surface area (TPSA) is 24.4 Å². The number of hydrogen-bond acceptors (Lipinski definition) is 2. The van der Waals surface area contributed by atoms with E-state index in [9.17, 15) is 13.2 Å². The second kappa shape index (κ2) is 7.08. The SMILES string of the molecule is C/C(=N/Nc1cc(C(F)(F)F)ccc1Cl)c1ccc(C(C)(C)C)cc1. The summed E-state index contributed by atoms with van der Waals surface area (Å²) in [7, 11) is 0. The highest BCUT2D eigenvalue weighted by atomic mass is 35.5. The molecule has 0 aliphatic rings. The number of anilines is 1. The summed E-state index contributed by atoms with van der Waals surface area (Å²) in [4.78, 5) is 0. The number of nitrogens with one attached hydrogen (secondary N) is 1. The summed E-state index contributed by atoms with van der Waals surface area (Å²) in [6.07, 6.45) is -4.43. The van der Waals surface area contributed by atoms with Crippen molar-refractivity contribution in [1.29, 1.82) is 0 Å². The molecule has 0 amide bonds. The van der Waals surface area contributed by atoms with Gasteiger partial charge in [0.15, 0.2) is 0 Å². The van der Waals surface area contributed by atoms with Crippen molar-refractivity contribution in [2.75, 3.05) is 5.43 Å². The van der Waals surface area contributed by atoms with E-state index in [2.05, 4.69) is 31.3 Å². The maximum Gasteiger partial charge on any atom is 0.416 e. The zero-order chi connectivity index (χ0) is 18.8. The van der Waals surface area contributed by atoms with Crippen LogP contribution in [0, 0.1) is 0 Å². The molecule has 0 saturated heterocycles. The Morgan fingerprint density at radius 2 is 1.52 bits per heavy atom. The molecule has 0 aromatic heterocycles. The average molecular weight is 369 g/mol. The Morgan fingerprint density at radius 1 is 0.960 bits per heavy atom. The first-order chi connectivity index (χ1) is 11.5. The molecule has 0 aliphatic carbocycles. The Bertz CT molecular complexity index is 773. The van der Waals surface area contributed by atoms with Gasteiger partial charge in [-0.3, -0.25) is 5.43 Å². The van der Waals surface area contributed by atoms with E-state index in [0.29, 0.717) is 5.71 Å². The summed E-state index contributed by atoms with van der Waals surface area (Å²) in [5.74, 6) is 0. The summed E-state index contributed by atoms with van der Waals surface area (Å²) in [5, 5.41) is 4.33. The summed E-state index contributed by atoms with van der Waals surface area (Å²) in [5.41, 5.74) is 4.73. The van der Waals surface area contributed by atoms with Crippen molar-refractivity contribution >= 4 is 23.0 Å². The lowest BCUT2D eigenvalue weighted by atomic mass is 9.86. The molecule has 6 heteroatoms. The van der Waals surface area contributed by atoms with Crippen molar-refractivity contribution in [3.05, 3.63) is 64.2 Å². The van der Waals surface area contributed by atoms with E-state index >= 15 is 0 Å². The van der Waals surface area contributed by atoms with Crippen molar-refractivity contribution in [3.8, 4) is 0 Å². The van der Waals surface area contributed by atoms with Crippen LogP contribution >= 0.6 is 11.6 Å². The van der Waals surface area contributed by atoms with Gasteiger partial charge in [0.2, 0.25) is 0 Å². The van der Waals surface area contributed by atoms with Crippen LogP contribution < -0.4 is 5.43 Å². The highest BCUT2D eigenvalue weighted by Gasteiger charge is 2.30. The Hall–Kier alpha value is -2.01. The van der Waals surface area contributed by atoms with Gasteiger partial charge in [0, 0.05) is 0 Å². The third-order valence-corrected chi connectivity index (χ3v) is 4.14.